The summed E-state index contributed by atoms with van der Waals surface area (Å²) in [5, 5.41) is 23.8. The summed E-state index contributed by atoms with van der Waals surface area (Å²) in [6.07, 6.45) is 8.98. The SMILES string of the molecule is CCC/C=C/C=C/C(=O)O[C@H]1/C(=C/C(=O)OC)CC2C[C@H]([C@@H](C)O)OC(=O)CCC[C@@H]3C[C@H](OC(C)=O)C(C)(C)[C@H](C[C@@H]4C/C(=C/C(=O)OC)C[C@H](/C=C/C(C)(C)C1(O)O2)O4)O3. The number of aliphatic hydroxyl groups excluding tert-OH is 1. The van der Waals surface area contributed by atoms with E-state index in [0.29, 0.717) is 38.5 Å². The number of rotatable bonds is 9. The maximum Gasteiger partial charge on any atom is 0.331 e. The second-order valence-electron chi connectivity index (χ2n) is 17.9. The first kappa shape index (κ1) is 50.5. The van der Waals surface area contributed by atoms with Crippen LogP contribution >= 0.6 is 0 Å². The van der Waals surface area contributed by atoms with Gasteiger partial charge in [-0.15, -0.1) is 0 Å². The molecule has 0 aromatic carbocycles. The zero-order chi connectivity index (χ0) is 45.8. The molecule has 15 heteroatoms. The summed E-state index contributed by atoms with van der Waals surface area (Å²) in [6, 6.07) is 0. The molecule has 0 amide bonds. The van der Waals surface area contributed by atoms with Gasteiger partial charge in [0.2, 0.25) is 5.79 Å². The molecule has 0 saturated carbocycles. The van der Waals surface area contributed by atoms with E-state index in [1.165, 1.54) is 46.3 Å². The van der Waals surface area contributed by atoms with Gasteiger partial charge in [-0.25, -0.2) is 14.4 Å². The molecular formula is C47H68O15. The molecule has 0 aliphatic carbocycles. The lowest BCUT2D eigenvalue weighted by molar-refractivity contribution is -0.327. The van der Waals surface area contributed by atoms with Crippen LogP contribution in [0.1, 0.15) is 119 Å². The zero-order valence-corrected chi connectivity index (χ0v) is 37.8. The summed E-state index contributed by atoms with van der Waals surface area (Å²) in [7, 11) is 2.50. The number of cyclic esters (lactones) is 1. The van der Waals surface area contributed by atoms with Gasteiger partial charge in [-0.3, -0.25) is 9.59 Å². The number of aliphatic hydroxyl groups is 2. The van der Waals surface area contributed by atoms with Crippen molar-refractivity contribution in [3.8, 4) is 0 Å². The summed E-state index contributed by atoms with van der Waals surface area (Å²) < 4.78 is 47.6. The minimum absolute atomic E-state index is 0.00950. The zero-order valence-electron chi connectivity index (χ0n) is 37.8. The Bertz CT molecular complexity index is 1740. The smallest absolute Gasteiger partial charge is 0.331 e. The standard InChI is InChI=1S/C47H68O15/c1-10-11-12-13-14-17-41(51)61-44-32(25-43(53)56-9)24-36-26-37(29(2)48)60-40(50)18-15-16-33-27-38(57-30(3)49)46(6,7)39(59-33)28-35-22-31(23-42(52)55-8)21-34(58-35)19-20-45(4,5)47(44,54)62-36/h12-14,17,19-20,23,25,29,33-39,44,48,54H,10-11,15-16,18,21-22,24,26-28H2,1-9H3/b13-12+,17-14+,20-19+,31-23+,32-25+/t29-,33-,34+,35+,36?,37-,38+,39+,44+,47?/m1/s1. The Morgan fingerprint density at radius 3 is 2.27 bits per heavy atom. The Balaban J connectivity index is 1.84. The first-order chi connectivity index (χ1) is 29.2. The minimum Gasteiger partial charge on any atom is -0.466 e. The van der Waals surface area contributed by atoms with Crippen LogP contribution in [-0.4, -0.2) is 115 Å². The number of fused-ring (bicyclic) bond motifs is 6. The van der Waals surface area contributed by atoms with Crippen molar-refractivity contribution in [2.24, 2.45) is 10.8 Å². The van der Waals surface area contributed by atoms with Gasteiger partial charge in [-0.1, -0.05) is 77.0 Å². The fourth-order valence-electron chi connectivity index (χ4n) is 8.47. The minimum atomic E-state index is -2.37. The van der Waals surface area contributed by atoms with Crippen molar-refractivity contribution in [2.75, 3.05) is 14.2 Å². The third kappa shape index (κ3) is 13.7. The van der Waals surface area contributed by atoms with Crippen molar-refractivity contribution < 1.29 is 72.1 Å². The monoisotopic (exact) mass is 872 g/mol. The molecule has 3 saturated heterocycles. The number of esters is 5. The first-order valence-electron chi connectivity index (χ1n) is 21.8. The molecule has 0 spiro atoms. The molecule has 15 nitrogen and oxygen atoms in total. The molecule has 2 N–H and O–H groups in total. The average molecular weight is 873 g/mol. The second-order valence-corrected chi connectivity index (χ2v) is 17.9. The molecule has 4 aliphatic heterocycles. The highest BCUT2D eigenvalue weighted by molar-refractivity contribution is 5.85. The molecule has 2 unspecified atom stereocenters. The molecule has 3 fully saturated rings. The van der Waals surface area contributed by atoms with Gasteiger partial charge < -0.3 is 48.1 Å². The summed E-state index contributed by atoms with van der Waals surface area (Å²) in [5.74, 6) is -5.47. The van der Waals surface area contributed by atoms with Crippen molar-refractivity contribution in [1.29, 1.82) is 0 Å². The van der Waals surface area contributed by atoms with Crippen LogP contribution in [-0.2, 0) is 61.9 Å². The van der Waals surface area contributed by atoms with Crippen LogP contribution < -0.4 is 0 Å². The summed E-state index contributed by atoms with van der Waals surface area (Å²) in [5.41, 5.74) is -1.13. The normalized spacial score (nSPS) is 34.1. The van der Waals surface area contributed by atoms with Gasteiger partial charge in [0.1, 0.15) is 12.2 Å². The van der Waals surface area contributed by atoms with Gasteiger partial charge in [0.25, 0.3) is 0 Å². The van der Waals surface area contributed by atoms with Gasteiger partial charge in [-0.2, -0.15) is 0 Å². The van der Waals surface area contributed by atoms with Crippen molar-refractivity contribution in [2.45, 2.75) is 180 Å². The molecule has 10 atom stereocenters. The highest BCUT2D eigenvalue weighted by atomic mass is 16.7. The van der Waals surface area contributed by atoms with Crippen LogP contribution in [0.5, 0.6) is 0 Å². The summed E-state index contributed by atoms with van der Waals surface area (Å²) >= 11 is 0. The second kappa shape index (κ2) is 22.5. The van der Waals surface area contributed by atoms with Crippen molar-refractivity contribution >= 4 is 29.8 Å². The molecule has 62 heavy (non-hydrogen) atoms. The maximum atomic E-state index is 13.4. The molecule has 6 bridgehead atoms. The fraction of sp³-hybridized carbons (Fsp3) is 0.681. The number of hydrogen-bond acceptors (Lipinski definition) is 15. The number of ether oxygens (including phenoxy) is 8. The highest BCUT2D eigenvalue weighted by Crippen LogP contribution is 2.48. The predicted octanol–water partition coefficient (Wildman–Crippen LogP) is 5.99. The van der Waals surface area contributed by atoms with Crippen LogP contribution in [0, 0.1) is 10.8 Å². The Kier molecular flexibility index (Phi) is 18.3. The molecule has 0 aromatic heterocycles. The number of carbonyl (C=O) groups is 5. The maximum absolute atomic E-state index is 13.4. The molecule has 0 aromatic rings. The van der Waals surface area contributed by atoms with Gasteiger partial charge in [0, 0.05) is 61.7 Å². The molecule has 4 rings (SSSR count). The number of methoxy groups -OCH3 is 2. The van der Waals surface area contributed by atoms with Crippen LogP contribution in [0.25, 0.3) is 0 Å². The molecule has 4 heterocycles. The van der Waals surface area contributed by atoms with Crippen LogP contribution in [0.3, 0.4) is 0 Å². The van der Waals surface area contributed by atoms with E-state index in [4.69, 9.17) is 37.9 Å². The molecule has 4 aliphatic rings. The van der Waals surface area contributed by atoms with Crippen molar-refractivity contribution in [1.82, 2.24) is 0 Å². The Morgan fingerprint density at radius 1 is 0.903 bits per heavy atom. The number of unbranched alkanes of at least 4 members (excludes halogenated alkanes) is 1. The van der Waals surface area contributed by atoms with E-state index < -0.39 is 95.3 Å². The molecule has 0 radical (unpaired) electrons. The Morgan fingerprint density at radius 2 is 1.61 bits per heavy atom. The summed E-state index contributed by atoms with van der Waals surface area (Å²) in [4.78, 5) is 64.5. The molecular weight excluding hydrogens is 805 g/mol. The highest BCUT2D eigenvalue weighted by Gasteiger charge is 2.58. The lowest BCUT2D eigenvalue weighted by Gasteiger charge is -2.51. The van der Waals surface area contributed by atoms with E-state index in [-0.39, 0.29) is 30.9 Å². The fourth-order valence-corrected chi connectivity index (χ4v) is 8.47. The Hall–Kier alpha value is -4.15. The third-order valence-corrected chi connectivity index (χ3v) is 12.2. The number of carbonyl (C=O) groups excluding carboxylic acids is 5. The van der Waals surface area contributed by atoms with Crippen LogP contribution in [0.4, 0.5) is 0 Å². The lowest BCUT2D eigenvalue weighted by Crippen LogP contribution is -2.62. The van der Waals surface area contributed by atoms with Crippen molar-refractivity contribution in [3.63, 3.8) is 0 Å². The van der Waals surface area contributed by atoms with Gasteiger partial charge in [0.15, 0.2) is 6.10 Å². The van der Waals surface area contributed by atoms with Gasteiger partial charge >= 0.3 is 29.8 Å². The van der Waals surface area contributed by atoms with Crippen LogP contribution in [0.15, 0.2) is 59.8 Å². The first-order valence-corrected chi connectivity index (χ1v) is 21.8. The van der Waals surface area contributed by atoms with E-state index >= 15 is 0 Å². The number of allylic oxidation sites excluding steroid dienone is 3. The third-order valence-electron chi connectivity index (χ3n) is 12.2. The van der Waals surface area contributed by atoms with Crippen LogP contribution in [0.2, 0.25) is 0 Å². The Labute approximate surface area is 365 Å². The number of hydrogen-bond donors (Lipinski definition) is 2. The quantitative estimate of drug-likeness (QED) is 0.0900. The lowest BCUT2D eigenvalue weighted by atomic mass is 9.73. The van der Waals surface area contributed by atoms with E-state index in [2.05, 4.69) is 0 Å². The van der Waals surface area contributed by atoms with E-state index in [1.54, 1.807) is 32.1 Å². The summed E-state index contributed by atoms with van der Waals surface area (Å²) in [6.45, 7) is 12.2. The largest absolute Gasteiger partial charge is 0.466 e. The predicted molar refractivity (Wildman–Crippen MR) is 226 cm³/mol. The molecule has 346 valence electrons. The van der Waals surface area contributed by atoms with Gasteiger partial charge in [-0.05, 0) is 51.0 Å². The van der Waals surface area contributed by atoms with E-state index in [9.17, 15) is 34.2 Å². The van der Waals surface area contributed by atoms with E-state index in [1.807, 2.05) is 26.8 Å². The van der Waals surface area contributed by atoms with Crippen molar-refractivity contribution in [3.05, 3.63) is 59.8 Å². The van der Waals surface area contributed by atoms with Gasteiger partial charge in [0.05, 0.1) is 50.8 Å². The topological polar surface area (TPSA) is 200 Å². The average Bonchev–Trinajstić information content (AvgIpc) is 3.19. The van der Waals surface area contributed by atoms with E-state index in [0.717, 1.165) is 24.5 Å².